The summed E-state index contributed by atoms with van der Waals surface area (Å²) in [6.45, 7) is 5.95. The third-order valence-corrected chi connectivity index (χ3v) is 6.33. The number of Topliss-reactive ketones (excluding diaryl/α,β-unsaturated/α-hetero) is 1. The molecule has 0 amide bonds. The minimum atomic E-state index is -2.24. The molecule has 1 saturated heterocycles. The minimum Gasteiger partial charge on any atom is -0.458 e. The van der Waals surface area contributed by atoms with Gasteiger partial charge in [-0.3, -0.25) is 9.59 Å². The zero-order valence-corrected chi connectivity index (χ0v) is 19.2. The molecule has 1 fully saturated rings. The Hall–Kier alpha value is -1.97. The van der Waals surface area contributed by atoms with Gasteiger partial charge in [0.25, 0.3) is 0 Å². The second kappa shape index (κ2) is 9.67. The minimum absolute atomic E-state index is 0.151. The van der Waals surface area contributed by atoms with Crippen molar-refractivity contribution in [3.63, 3.8) is 0 Å². The average Bonchev–Trinajstić information content (AvgIpc) is 2.67. The first-order chi connectivity index (χ1) is 14.3. The molecular formula is C21H30ClNO8. The van der Waals surface area contributed by atoms with Crippen LogP contribution >= 0.6 is 11.6 Å². The van der Waals surface area contributed by atoms with Gasteiger partial charge in [-0.25, -0.2) is 9.59 Å². The summed E-state index contributed by atoms with van der Waals surface area (Å²) in [5.74, 6) is -4.09. The quantitative estimate of drug-likeness (QED) is 0.366. The number of esters is 3. The highest BCUT2D eigenvalue weighted by Crippen LogP contribution is 2.35. The molecule has 0 aromatic carbocycles. The Bertz CT molecular complexity index is 781. The van der Waals surface area contributed by atoms with E-state index in [1.54, 1.807) is 6.08 Å². The number of carbonyl (C=O) groups is 4. The third-order valence-electron chi connectivity index (χ3n) is 5.97. The summed E-state index contributed by atoms with van der Waals surface area (Å²) in [6.07, 6.45) is 0.292. The number of hydrogen-bond donors (Lipinski definition) is 1. The fraction of sp³-hybridized carbons (Fsp3) is 0.714. The number of ketones is 1. The van der Waals surface area contributed by atoms with Gasteiger partial charge < -0.3 is 24.2 Å². The van der Waals surface area contributed by atoms with Crippen molar-refractivity contribution in [3.8, 4) is 0 Å². The highest BCUT2D eigenvalue weighted by Gasteiger charge is 2.52. The number of likely N-dealkylation sites (N-methyl/N-ethyl adjacent to an activating group) is 1. The van der Waals surface area contributed by atoms with E-state index >= 15 is 0 Å². The number of nitrogens with zero attached hydrogens (tertiary/aromatic N) is 1. The number of aliphatic hydroxyl groups is 1. The van der Waals surface area contributed by atoms with Gasteiger partial charge >= 0.3 is 17.9 Å². The molecule has 174 valence electrons. The van der Waals surface area contributed by atoms with E-state index in [1.165, 1.54) is 20.8 Å². The van der Waals surface area contributed by atoms with Crippen LogP contribution in [0, 0.1) is 5.92 Å². The SMILES string of the molecule is CC(=O)O[C@@]1(C)C(=O)OC/C2=C/CN(C)CC[C@@H](OC(=O)[C@](O)(C(C)Cl)C[C@H]1C)C2=O. The molecule has 10 heteroatoms. The third kappa shape index (κ3) is 5.45. The van der Waals surface area contributed by atoms with Crippen LogP contribution in [0.5, 0.6) is 0 Å². The van der Waals surface area contributed by atoms with E-state index in [0.29, 0.717) is 13.1 Å². The lowest BCUT2D eigenvalue weighted by molar-refractivity contribution is -0.192. The largest absolute Gasteiger partial charge is 0.458 e. The van der Waals surface area contributed by atoms with Crippen molar-refractivity contribution < 1.29 is 38.5 Å². The van der Waals surface area contributed by atoms with Gasteiger partial charge in [-0.05, 0) is 27.3 Å². The number of ether oxygens (including phenoxy) is 3. The van der Waals surface area contributed by atoms with Gasteiger partial charge in [0.15, 0.2) is 11.7 Å². The second-order valence-corrected chi connectivity index (χ2v) is 9.12. The van der Waals surface area contributed by atoms with E-state index in [9.17, 15) is 24.3 Å². The maximum Gasteiger partial charge on any atom is 0.350 e. The maximum absolute atomic E-state index is 13.0. The molecule has 1 unspecified atom stereocenters. The molecule has 0 spiro atoms. The van der Waals surface area contributed by atoms with Gasteiger partial charge in [-0.2, -0.15) is 0 Å². The molecule has 0 saturated carbocycles. The topological polar surface area (TPSA) is 119 Å². The molecule has 0 aromatic heterocycles. The molecule has 2 rings (SSSR count). The Labute approximate surface area is 186 Å². The highest BCUT2D eigenvalue weighted by molar-refractivity contribution is 6.23. The molecule has 1 N–H and O–H groups in total. The van der Waals surface area contributed by atoms with Crippen LogP contribution in [0.2, 0.25) is 0 Å². The van der Waals surface area contributed by atoms with Crippen molar-refractivity contribution in [1.29, 1.82) is 0 Å². The van der Waals surface area contributed by atoms with E-state index in [0.717, 1.165) is 6.92 Å². The summed E-state index contributed by atoms with van der Waals surface area (Å²) >= 11 is 6.16. The van der Waals surface area contributed by atoms with Crippen molar-refractivity contribution in [2.45, 2.75) is 63.2 Å². The maximum atomic E-state index is 13.0. The molecule has 9 nitrogen and oxygen atoms in total. The molecule has 0 aliphatic carbocycles. The molecule has 31 heavy (non-hydrogen) atoms. The van der Waals surface area contributed by atoms with Gasteiger partial charge in [0.1, 0.15) is 6.61 Å². The molecule has 2 heterocycles. The van der Waals surface area contributed by atoms with E-state index in [2.05, 4.69) is 0 Å². The first-order valence-corrected chi connectivity index (χ1v) is 10.6. The first kappa shape index (κ1) is 25.3. The van der Waals surface area contributed by atoms with Crippen LogP contribution in [0.15, 0.2) is 11.6 Å². The molecule has 2 bridgehead atoms. The summed E-state index contributed by atoms with van der Waals surface area (Å²) in [5, 5.41) is 10.0. The Kier molecular flexibility index (Phi) is 7.89. The summed E-state index contributed by atoms with van der Waals surface area (Å²) in [7, 11) is 1.83. The number of alkyl halides is 1. The fourth-order valence-corrected chi connectivity index (χ4v) is 3.78. The van der Waals surface area contributed by atoms with Crippen molar-refractivity contribution >= 4 is 35.3 Å². The van der Waals surface area contributed by atoms with Crippen molar-refractivity contribution in [2.24, 2.45) is 5.92 Å². The Morgan fingerprint density at radius 1 is 1.35 bits per heavy atom. The van der Waals surface area contributed by atoms with Crippen molar-refractivity contribution in [2.75, 3.05) is 26.7 Å². The molecule has 0 aromatic rings. The lowest BCUT2D eigenvalue weighted by Crippen LogP contribution is -2.56. The van der Waals surface area contributed by atoms with Crippen LogP contribution < -0.4 is 0 Å². The van der Waals surface area contributed by atoms with Crippen LogP contribution in [0.4, 0.5) is 0 Å². The zero-order chi connectivity index (χ0) is 23.6. The Balaban J connectivity index is 2.56. The van der Waals surface area contributed by atoms with Gasteiger partial charge in [-0.1, -0.05) is 13.0 Å². The standard InChI is InChI=1S/C21H30ClNO8/c1-12-10-21(28,13(2)22)19(27)30-16-7-9-23(5)8-6-15(17(16)25)11-29-18(26)20(12,4)31-14(3)24/h6,12-13,16,28H,7-11H2,1-5H3/b15-6-/t12-,13?,16-,20-,21-/m1/s1. The summed E-state index contributed by atoms with van der Waals surface area (Å²) in [4.78, 5) is 52.6. The Morgan fingerprint density at radius 2 is 2.00 bits per heavy atom. The van der Waals surface area contributed by atoms with E-state index in [1.807, 2.05) is 11.9 Å². The molecule has 2 aliphatic heterocycles. The first-order valence-electron chi connectivity index (χ1n) is 10.2. The average molecular weight is 460 g/mol. The predicted octanol–water partition coefficient (Wildman–Crippen LogP) is 0.992. The van der Waals surface area contributed by atoms with Crippen LogP contribution in [0.25, 0.3) is 0 Å². The number of fused-ring (bicyclic) bond motifs is 2. The van der Waals surface area contributed by atoms with E-state index < -0.39 is 52.3 Å². The van der Waals surface area contributed by atoms with Crippen LogP contribution in [0.1, 0.15) is 40.5 Å². The van der Waals surface area contributed by atoms with Gasteiger partial charge in [0, 0.05) is 37.9 Å². The van der Waals surface area contributed by atoms with Crippen molar-refractivity contribution in [1.82, 2.24) is 4.90 Å². The summed E-state index contributed by atoms with van der Waals surface area (Å²) < 4.78 is 16.1. The molecule has 5 atom stereocenters. The molecular weight excluding hydrogens is 430 g/mol. The summed E-state index contributed by atoms with van der Waals surface area (Å²) in [5.41, 5.74) is -3.91. The molecule has 2 aliphatic rings. The van der Waals surface area contributed by atoms with E-state index in [4.69, 9.17) is 25.8 Å². The Morgan fingerprint density at radius 3 is 2.58 bits per heavy atom. The van der Waals surface area contributed by atoms with E-state index in [-0.39, 0.29) is 25.0 Å². The predicted molar refractivity (Wildman–Crippen MR) is 110 cm³/mol. The number of cyclic esters (lactones) is 1. The van der Waals surface area contributed by atoms with Crippen LogP contribution in [-0.4, -0.2) is 83.1 Å². The smallest absolute Gasteiger partial charge is 0.350 e. The second-order valence-electron chi connectivity index (χ2n) is 8.46. The van der Waals surface area contributed by atoms with Crippen LogP contribution in [-0.2, 0) is 33.4 Å². The molecule has 0 radical (unpaired) electrons. The summed E-state index contributed by atoms with van der Waals surface area (Å²) in [6, 6.07) is 0. The number of carbonyl (C=O) groups excluding carboxylic acids is 4. The number of hydrogen-bond acceptors (Lipinski definition) is 9. The fourth-order valence-electron chi connectivity index (χ4n) is 3.61. The van der Waals surface area contributed by atoms with Gasteiger partial charge in [0.05, 0.1) is 5.38 Å². The van der Waals surface area contributed by atoms with Crippen LogP contribution in [0.3, 0.4) is 0 Å². The lowest BCUT2D eigenvalue weighted by Gasteiger charge is -2.39. The lowest BCUT2D eigenvalue weighted by atomic mass is 9.79. The number of rotatable bonds is 2. The number of halogens is 1. The highest BCUT2D eigenvalue weighted by atomic mass is 35.5. The normalized spacial score (nSPS) is 36.4. The van der Waals surface area contributed by atoms with Gasteiger partial charge in [0.2, 0.25) is 11.4 Å². The van der Waals surface area contributed by atoms with Gasteiger partial charge in [-0.15, -0.1) is 11.6 Å². The monoisotopic (exact) mass is 459 g/mol. The van der Waals surface area contributed by atoms with Crippen molar-refractivity contribution in [3.05, 3.63) is 11.6 Å². The zero-order valence-electron chi connectivity index (χ0n) is 18.5.